The minimum absolute atomic E-state index is 0.0464. The van der Waals surface area contributed by atoms with E-state index in [4.69, 9.17) is 4.52 Å². The monoisotopic (exact) mass is 341 g/mol. The van der Waals surface area contributed by atoms with Crippen molar-refractivity contribution in [1.29, 1.82) is 0 Å². The number of carbonyl (C=O) groups is 1. The molecular formula is C18H19N3O2S. The van der Waals surface area contributed by atoms with Gasteiger partial charge >= 0.3 is 0 Å². The van der Waals surface area contributed by atoms with Crippen LogP contribution in [0.25, 0.3) is 10.7 Å². The van der Waals surface area contributed by atoms with Gasteiger partial charge in [0.15, 0.2) is 0 Å². The summed E-state index contributed by atoms with van der Waals surface area (Å²) in [6.07, 6.45) is 1.62. The summed E-state index contributed by atoms with van der Waals surface area (Å²) in [5.41, 5.74) is 3.12. The number of carbonyl (C=O) groups excluding carboxylic acids is 1. The van der Waals surface area contributed by atoms with Gasteiger partial charge < -0.3 is 9.84 Å². The number of nitrogens with zero attached hydrogens (tertiary/aromatic N) is 2. The summed E-state index contributed by atoms with van der Waals surface area (Å²) in [4.78, 5) is 17.5. The second-order valence-corrected chi connectivity index (χ2v) is 6.45. The molecule has 2 aromatic heterocycles. The van der Waals surface area contributed by atoms with Crippen LogP contribution in [0.3, 0.4) is 0 Å². The summed E-state index contributed by atoms with van der Waals surface area (Å²) in [5, 5.41) is 8.93. The highest BCUT2D eigenvalue weighted by Crippen LogP contribution is 2.23. The molecule has 3 rings (SSSR count). The Morgan fingerprint density at radius 3 is 2.92 bits per heavy atom. The molecule has 0 bridgehead atoms. The van der Waals surface area contributed by atoms with Gasteiger partial charge in [0, 0.05) is 18.5 Å². The van der Waals surface area contributed by atoms with E-state index in [2.05, 4.69) is 22.4 Å². The molecule has 2 heterocycles. The Morgan fingerprint density at radius 1 is 1.29 bits per heavy atom. The fourth-order valence-corrected chi connectivity index (χ4v) is 3.14. The van der Waals surface area contributed by atoms with Gasteiger partial charge in [-0.2, -0.15) is 4.98 Å². The van der Waals surface area contributed by atoms with Crippen LogP contribution in [0.15, 0.2) is 40.2 Å². The van der Waals surface area contributed by atoms with Gasteiger partial charge in [-0.1, -0.05) is 36.3 Å². The van der Waals surface area contributed by atoms with E-state index in [-0.39, 0.29) is 5.91 Å². The van der Waals surface area contributed by atoms with E-state index >= 15 is 0 Å². The Kier molecular flexibility index (Phi) is 5.05. The standard InChI is InChI=1S/C18H19N3O2S/c1-3-13-7-4-6-12(2)17(13)19-15(22)9-10-16-20-18(21-23-16)14-8-5-11-24-14/h4-8,11H,3,9-10H2,1-2H3,(H,19,22). The van der Waals surface area contributed by atoms with E-state index in [1.165, 1.54) is 0 Å². The molecule has 0 spiro atoms. The van der Waals surface area contributed by atoms with Crippen molar-refractivity contribution in [2.75, 3.05) is 5.32 Å². The number of hydrogen-bond acceptors (Lipinski definition) is 5. The lowest BCUT2D eigenvalue weighted by Crippen LogP contribution is -2.14. The maximum absolute atomic E-state index is 12.2. The molecule has 0 unspecified atom stereocenters. The molecule has 1 N–H and O–H groups in total. The van der Waals surface area contributed by atoms with E-state index in [1.807, 2.05) is 42.6 Å². The van der Waals surface area contributed by atoms with Crippen molar-refractivity contribution in [3.8, 4) is 10.7 Å². The van der Waals surface area contributed by atoms with E-state index in [9.17, 15) is 4.79 Å². The van der Waals surface area contributed by atoms with Crippen LogP contribution in [0.5, 0.6) is 0 Å². The van der Waals surface area contributed by atoms with Gasteiger partial charge in [-0.3, -0.25) is 4.79 Å². The number of aryl methyl sites for hydroxylation is 3. The number of amides is 1. The SMILES string of the molecule is CCc1cccc(C)c1NC(=O)CCc1nc(-c2cccs2)no1. The minimum Gasteiger partial charge on any atom is -0.339 e. The maximum atomic E-state index is 12.2. The van der Waals surface area contributed by atoms with Crippen molar-refractivity contribution >= 4 is 22.9 Å². The van der Waals surface area contributed by atoms with E-state index in [0.717, 1.165) is 28.1 Å². The van der Waals surface area contributed by atoms with Crippen LogP contribution in [-0.4, -0.2) is 16.0 Å². The summed E-state index contributed by atoms with van der Waals surface area (Å²) in [6.45, 7) is 4.08. The normalized spacial score (nSPS) is 10.8. The zero-order valence-corrected chi connectivity index (χ0v) is 14.5. The highest BCUT2D eigenvalue weighted by Gasteiger charge is 2.13. The Labute approximate surface area is 144 Å². The molecule has 124 valence electrons. The number of aromatic nitrogens is 2. The van der Waals surface area contributed by atoms with Crippen LogP contribution < -0.4 is 5.32 Å². The van der Waals surface area contributed by atoms with Gasteiger partial charge in [0.05, 0.1) is 4.88 Å². The molecule has 0 atom stereocenters. The Morgan fingerprint density at radius 2 is 2.17 bits per heavy atom. The molecule has 0 saturated carbocycles. The topological polar surface area (TPSA) is 68.0 Å². The van der Waals surface area contributed by atoms with Crippen LogP contribution >= 0.6 is 11.3 Å². The number of anilines is 1. The summed E-state index contributed by atoms with van der Waals surface area (Å²) in [7, 11) is 0. The Bertz CT molecular complexity index is 825. The third-order valence-electron chi connectivity index (χ3n) is 3.78. The summed E-state index contributed by atoms with van der Waals surface area (Å²) >= 11 is 1.56. The van der Waals surface area contributed by atoms with Gasteiger partial charge in [-0.25, -0.2) is 0 Å². The van der Waals surface area contributed by atoms with Crippen LogP contribution in [0, 0.1) is 6.92 Å². The van der Waals surface area contributed by atoms with Crippen LogP contribution in [0.1, 0.15) is 30.4 Å². The fourth-order valence-electron chi connectivity index (χ4n) is 2.49. The average Bonchev–Trinajstić information content (AvgIpc) is 3.26. The molecule has 5 nitrogen and oxygen atoms in total. The molecule has 0 saturated heterocycles. The van der Waals surface area contributed by atoms with E-state index in [1.54, 1.807) is 11.3 Å². The first kappa shape index (κ1) is 16.4. The Balaban J connectivity index is 1.60. The highest BCUT2D eigenvalue weighted by molar-refractivity contribution is 7.13. The number of hydrogen-bond donors (Lipinski definition) is 1. The van der Waals surface area contributed by atoms with E-state index in [0.29, 0.717) is 24.6 Å². The molecule has 0 aliphatic rings. The molecule has 24 heavy (non-hydrogen) atoms. The molecule has 6 heteroatoms. The quantitative estimate of drug-likeness (QED) is 0.728. The van der Waals surface area contributed by atoms with Gasteiger partial charge in [0.25, 0.3) is 0 Å². The third kappa shape index (κ3) is 3.71. The highest BCUT2D eigenvalue weighted by atomic mass is 32.1. The van der Waals surface area contributed by atoms with Gasteiger partial charge in [-0.15, -0.1) is 11.3 Å². The molecule has 0 aliphatic heterocycles. The predicted molar refractivity (Wildman–Crippen MR) is 95.1 cm³/mol. The predicted octanol–water partition coefficient (Wildman–Crippen LogP) is 4.24. The number of benzene rings is 1. The second-order valence-electron chi connectivity index (χ2n) is 5.50. The van der Waals surface area contributed by atoms with Crippen molar-refractivity contribution in [1.82, 2.24) is 10.1 Å². The second kappa shape index (κ2) is 7.40. The molecule has 1 amide bonds. The van der Waals surface area contributed by atoms with Crippen molar-refractivity contribution in [3.63, 3.8) is 0 Å². The summed E-state index contributed by atoms with van der Waals surface area (Å²) in [6, 6.07) is 9.93. The molecule has 3 aromatic rings. The lowest BCUT2D eigenvalue weighted by Gasteiger charge is -2.12. The third-order valence-corrected chi connectivity index (χ3v) is 4.65. The Hall–Kier alpha value is -2.47. The van der Waals surface area contributed by atoms with Crippen molar-refractivity contribution in [3.05, 3.63) is 52.7 Å². The average molecular weight is 341 g/mol. The van der Waals surface area contributed by atoms with Crippen LogP contribution in [-0.2, 0) is 17.6 Å². The fraction of sp³-hybridized carbons (Fsp3) is 0.278. The van der Waals surface area contributed by atoms with Crippen LogP contribution in [0.4, 0.5) is 5.69 Å². The van der Waals surface area contributed by atoms with Gasteiger partial charge in [0.2, 0.25) is 17.6 Å². The number of rotatable bonds is 6. The van der Waals surface area contributed by atoms with Gasteiger partial charge in [0.1, 0.15) is 0 Å². The minimum atomic E-state index is -0.0464. The number of thiophene rings is 1. The summed E-state index contributed by atoms with van der Waals surface area (Å²) in [5.74, 6) is 1.01. The van der Waals surface area contributed by atoms with E-state index < -0.39 is 0 Å². The smallest absolute Gasteiger partial charge is 0.227 e. The van der Waals surface area contributed by atoms with Crippen molar-refractivity contribution in [2.24, 2.45) is 0 Å². The lowest BCUT2D eigenvalue weighted by molar-refractivity contribution is -0.116. The molecule has 1 aromatic carbocycles. The van der Waals surface area contributed by atoms with Crippen molar-refractivity contribution < 1.29 is 9.32 Å². The van der Waals surface area contributed by atoms with Crippen molar-refractivity contribution in [2.45, 2.75) is 33.1 Å². The first-order chi connectivity index (χ1) is 11.7. The lowest BCUT2D eigenvalue weighted by atomic mass is 10.1. The zero-order valence-electron chi connectivity index (χ0n) is 13.7. The van der Waals surface area contributed by atoms with Gasteiger partial charge in [-0.05, 0) is 35.9 Å². The zero-order chi connectivity index (χ0) is 16.9. The first-order valence-corrected chi connectivity index (χ1v) is 8.80. The van der Waals surface area contributed by atoms with Crippen LogP contribution in [0.2, 0.25) is 0 Å². The molecular weight excluding hydrogens is 322 g/mol. The number of nitrogens with one attached hydrogen (secondary N) is 1. The largest absolute Gasteiger partial charge is 0.339 e. The molecule has 0 radical (unpaired) electrons. The maximum Gasteiger partial charge on any atom is 0.227 e. The molecule has 0 aliphatic carbocycles. The number of para-hydroxylation sites is 1. The molecule has 0 fully saturated rings. The summed E-state index contributed by atoms with van der Waals surface area (Å²) < 4.78 is 5.22. The first-order valence-electron chi connectivity index (χ1n) is 7.92.